The maximum Gasteiger partial charge on any atom is 0.253 e. The Hall–Kier alpha value is -3.60. The summed E-state index contributed by atoms with van der Waals surface area (Å²) in [4.78, 5) is 47.6. The van der Waals surface area contributed by atoms with E-state index in [0.29, 0.717) is 16.6 Å². The van der Waals surface area contributed by atoms with E-state index < -0.39 is 0 Å². The number of carbonyl (C=O) groups excluding carboxylic acids is 4. The van der Waals surface area contributed by atoms with Gasteiger partial charge in [0.25, 0.3) is 17.7 Å². The number of nitrogens with zero attached hydrogens (tertiary/aromatic N) is 3. The Balaban J connectivity index is 1.25. The number of amides is 4. The van der Waals surface area contributed by atoms with Crippen LogP contribution in [0.15, 0.2) is 35.0 Å². The van der Waals surface area contributed by atoms with Gasteiger partial charge in [0.15, 0.2) is 0 Å². The number of ether oxygens (including phenoxy) is 1. The SMILES string of the molecule is O=C(CCOCCN1C(=O)C=CC1=O)NCCNC(=O)c1ccc2nonc2c1. The Kier molecular flexibility index (Phi) is 6.63. The van der Waals surface area contributed by atoms with Crippen molar-refractivity contribution in [3.63, 3.8) is 0 Å². The monoisotopic (exact) mass is 401 g/mol. The fraction of sp³-hybridized carbons (Fsp3) is 0.333. The fourth-order valence-electron chi connectivity index (χ4n) is 2.57. The molecule has 152 valence electrons. The Bertz CT molecular complexity index is 935. The van der Waals surface area contributed by atoms with E-state index in [1.807, 2.05) is 0 Å². The maximum absolute atomic E-state index is 12.1. The molecule has 4 amide bonds. The second-order valence-electron chi connectivity index (χ2n) is 6.10. The van der Waals surface area contributed by atoms with Gasteiger partial charge in [-0.3, -0.25) is 24.1 Å². The first kappa shape index (κ1) is 20.1. The van der Waals surface area contributed by atoms with Crippen molar-refractivity contribution in [1.82, 2.24) is 25.8 Å². The molecule has 1 aliphatic rings. The molecule has 0 bridgehead atoms. The number of rotatable bonds is 10. The quantitative estimate of drug-likeness (QED) is 0.397. The molecule has 0 radical (unpaired) electrons. The first-order valence-corrected chi connectivity index (χ1v) is 8.93. The van der Waals surface area contributed by atoms with Gasteiger partial charge in [-0.2, -0.15) is 0 Å². The number of carbonyl (C=O) groups is 4. The number of aromatic nitrogens is 2. The van der Waals surface area contributed by atoms with Crippen LogP contribution in [0.1, 0.15) is 16.8 Å². The van der Waals surface area contributed by atoms with Crippen LogP contribution in [-0.4, -0.2) is 71.7 Å². The second-order valence-corrected chi connectivity index (χ2v) is 6.10. The summed E-state index contributed by atoms with van der Waals surface area (Å²) in [6.07, 6.45) is 2.54. The highest BCUT2D eigenvalue weighted by Gasteiger charge is 2.22. The zero-order valence-electron chi connectivity index (χ0n) is 15.4. The predicted octanol–water partition coefficient (Wildman–Crippen LogP) is -0.599. The van der Waals surface area contributed by atoms with Gasteiger partial charge in [-0.05, 0) is 28.5 Å². The van der Waals surface area contributed by atoms with Gasteiger partial charge in [0.1, 0.15) is 11.0 Å². The smallest absolute Gasteiger partial charge is 0.253 e. The number of fused-ring (bicyclic) bond motifs is 1. The van der Waals surface area contributed by atoms with Crippen molar-refractivity contribution in [2.24, 2.45) is 0 Å². The molecule has 2 heterocycles. The van der Waals surface area contributed by atoms with E-state index in [2.05, 4.69) is 25.6 Å². The number of imide groups is 1. The molecule has 0 atom stereocenters. The van der Waals surface area contributed by atoms with Crippen molar-refractivity contribution in [2.45, 2.75) is 6.42 Å². The van der Waals surface area contributed by atoms with Crippen LogP contribution in [-0.2, 0) is 19.1 Å². The lowest BCUT2D eigenvalue weighted by Crippen LogP contribution is -2.35. The molecule has 11 nitrogen and oxygen atoms in total. The van der Waals surface area contributed by atoms with E-state index in [-0.39, 0.29) is 62.9 Å². The maximum atomic E-state index is 12.1. The van der Waals surface area contributed by atoms with Crippen LogP contribution in [0, 0.1) is 0 Å². The summed E-state index contributed by atoms with van der Waals surface area (Å²) in [6, 6.07) is 4.81. The highest BCUT2D eigenvalue weighted by molar-refractivity contribution is 6.12. The molecule has 11 heteroatoms. The van der Waals surface area contributed by atoms with Crippen molar-refractivity contribution in [3.05, 3.63) is 35.9 Å². The molecule has 3 rings (SSSR count). The van der Waals surface area contributed by atoms with Crippen LogP contribution in [0.2, 0.25) is 0 Å². The molecule has 0 saturated carbocycles. The number of hydrogen-bond donors (Lipinski definition) is 2. The highest BCUT2D eigenvalue weighted by atomic mass is 16.6. The molecule has 0 aliphatic carbocycles. The molecule has 0 unspecified atom stereocenters. The Morgan fingerprint density at radius 1 is 1.00 bits per heavy atom. The van der Waals surface area contributed by atoms with Crippen LogP contribution in [0.3, 0.4) is 0 Å². The molecule has 0 saturated heterocycles. The van der Waals surface area contributed by atoms with Crippen molar-refractivity contribution < 1.29 is 28.5 Å². The fourth-order valence-corrected chi connectivity index (χ4v) is 2.57. The molecule has 2 N–H and O–H groups in total. The summed E-state index contributed by atoms with van der Waals surface area (Å²) < 4.78 is 9.85. The first-order valence-electron chi connectivity index (χ1n) is 8.93. The van der Waals surface area contributed by atoms with Crippen LogP contribution in [0.25, 0.3) is 11.0 Å². The van der Waals surface area contributed by atoms with E-state index in [1.165, 1.54) is 12.2 Å². The van der Waals surface area contributed by atoms with E-state index in [1.54, 1.807) is 18.2 Å². The zero-order chi connectivity index (χ0) is 20.6. The lowest BCUT2D eigenvalue weighted by Gasteiger charge is -2.13. The van der Waals surface area contributed by atoms with E-state index >= 15 is 0 Å². The minimum absolute atomic E-state index is 0.129. The average molecular weight is 401 g/mol. The van der Waals surface area contributed by atoms with Crippen LogP contribution < -0.4 is 10.6 Å². The van der Waals surface area contributed by atoms with Gasteiger partial charge >= 0.3 is 0 Å². The summed E-state index contributed by atoms with van der Waals surface area (Å²) in [5.74, 6) is -1.26. The molecule has 1 aliphatic heterocycles. The zero-order valence-corrected chi connectivity index (χ0v) is 15.4. The van der Waals surface area contributed by atoms with E-state index in [9.17, 15) is 19.2 Å². The highest BCUT2D eigenvalue weighted by Crippen LogP contribution is 2.11. The van der Waals surface area contributed by atoms with Gasteiger partial charge in [0.05, 0.1) is 19.8 Å². The first-order chi connectivity index (χ1) is 14.0. The Morgan fingerprint density at radius 3 is 2.52 bits per heavy atom. The normalized spacial score (nSPS) is 13.3. The standard InChI is InChI=1S/C18H19N5O6/c24-15(5-9-28-10-8-23-16(25)3-4-17(23)26)19-6-7-20-18(27)12-1-2-13-14(11-12)22-29-21-13/h1-4,11H,5-10H2,(H,19,24)(H,20,27). The van der Waals surface area contributed by atoms with Crippen molar-refractivity contribution in [1.29, 1.82) is 0 Å². The Morgan fingerprint density at radius 2 is 1.72 bits per heavy atom. The van der Waals surface area contributed by atoms with Gasteiger partial charge in [-0.25, -0.2) is 4.63 Å². The van der Waals surface area contributed by atoms with Crippen molar-refractivity contribution in [2.75, 3.05) is 32.8 Å². The third-order valence-electron chi connectivity index (χ3n) is 4.08. The summed E-state index contributed by atoms with van der Waals surface area (Å²) in [7, 11) is 0. The topological polar surface area (TPSA) is 144 Å². The van der Waals surface area contributed by atoms with Gasteiger partial charge in [-0.15, -0.1) is 0 Å². The third-order valence-corrected chi connectivity index (χ3v) is 4.08. The summed E-state index contributed by atoms with van der Waals surface area (Å²) in [6.45, 7) is 0.990. The molecule has 1 aromatic heterocycles. The number of nitrogens with one attached hydrogen (secondary N) is 2. The van der Waals surface area contributed by atoms with Gasteiger partial charge in [0.2, 0.25) is 5.91 Å². The third kappa shape index (κ3) is 5.45. The number of benzene rings is 1. The lowest BCUT2D eigenvalue weighted by atomic mass is 10.2. The molecule has 29 heavy (non-hydrogen) atoms. The summed E-state index contributed by atoms with van der Waals surface area (Å²) in [5.41, 5.74) is 1.46. The minimum Gasteiger partial charge on any atom is -0.379 e. The molecular formula is C18H19N5O6. The van der Waals surface area contributed by atoms with Gasteiger partial charge < -0.3 is 15.4 Å². The van der Waals surface area contributed by atoms with Gasteiger partial charge in [0, 0.05) is 37.2 Å². The minimum atomic E-state index is -0.365. The summed E-state index contributed by atoms with van der Waals surface area (Å²) in [5, 5.41) is 12.7. The molecule has 0 fully saturated rings. The molecule has 1 aromatic carbocycles. The van der Waals surface area contributed by atoms with Crippen LogP contribution >= 0.6 is 0 Å². The van der Waals surface area contributed by atoms with Crippen molar-refractivity contribution >= 4 is 34.7 Å². The largest absolute Gasteiger partial charge is 0.379 e. The average Bonchev–Trinajstić information content (AvgIpc) is 3.31. The van der Waals surface area contributed by atoms with E-state index in [0.717, 1.165) is 4.90 Å². The van der Waals surface area contributed by atoms with Gasteiger partial charge in [-0.1, -0.05) is 0 Å². The van der Waals surface area contributed by atoms with Crippen LogP contribution in [0.5, 0.6) is 0 Å². The lowest BCUT2D eigenvalue weighted by molar-refractivity contribution is -0.138. The Labute approximate surface area is 165 Å². The number of hydrogen-bond acceptors (Lipinski definition) is 8. The predicted molar refractivity (Wildman–Crippen MR) is 98.4 cm³/mol. The second kappa shape index (κ2) is 9.55. The summed E-state index contributed by atoms with van der Waals surface area (Å²) >= 11 is 0. The van der Waals surface area contributed by atoms with E-state index in [4.69, 9.17) is 4.74 Å². The molecule has 0 spiro atoms. The molecular weight excluding hydrogens is 382 g/mol. The van der Waals surface area contributed by atoms with Crippen molar-refractivity contribution in [3.8, 4) is 0 Å². The van der Waals surface area contributed by atoms with Crippen LogP contribution in [0.4, 0.5) is 0 Å². The molecule has 2 aromatic rings.